The molecule has 0 fully saturated rings. The van der Waals surface area contributed by atoms with Crippen molar-refractivity contribution in [3.63, 3.8) is 0 Å². The maximum absolute atomic E-state index is 12.6. The van der Waals surface area contributed by atoms with Gasteiger partial charge >= 0.3 is 0 Å². The molecule has 2 aromatic rings. The minimum Gasteiger partial charge on any atom is -0.550 e. The summed E-state index contributed by atoms with van der Waals surface area (Å²) in [5, 5.41) is 14.0. The molecule has 1 atom stereocenters. The highest BCUT2D eigenvalue weighted by molar-refractivity contribution is 5.94. The Labute approximate surface area is 166 Å². The van der Waals surface area contributed by atoms with Crippen molar-refractivity contribution in [1.82, 2.24) is 5.32 Å². The molecule has 0 aromatic heterocycles. The number of ether oxygens (including phenoxy) is 1. The molecule has 0 spiro atoms. The van der Waals surface area contributed by atoms with Crippen LogP contribution in [0.3, 0.4) is 0 Å². The molecule has 5 heteroatoms. The molecule has 0 heterocycles. The van der Waals surface area contributed by atoms with Crippen LogP contribution in [-0.4, -0.2) is 18.0 Å². The van der Waals surface area contributed by atoms with Crippen molar-refractivity contribution in [1.29, 1.82) is 0 Å². The largest absolute Gasteiger partial charge is 0.550 e. The summed E-state index contributed by atoms with van der Waals surface area (Å²) in [5.74, 6) is -0.861. The van der Waals surface area contributed by atoms with E-state index in [1.807, 2.05) is 26.0 Å². The predicted molar refractivity (Wildman–Crippen MR) is 107 cm³/mol. The Hall–Kier alpha value is -2.82. The molecular weight excluding hydrogens is 354 g/mol. The number of carboxylic acids is 1. The van der Waals surface area contributed by atoms with Gasteiger partial charge in [0.1, 0.15) is 5.75 Å². The van der Waals surface area contributed by atoms with Crippen LogP contribution < -0.4 is 15.2 Å². The van der Waals surface area contributed by atoms with Gasteiger partial charge in [0.25, 0.3) is 5.91 Å². The Kier molecular flexibility index (Phi) is 6.84. The first-order valence-electron chi connectivity index (χ1n) is 9.44. The highest BCUT2D eigenvalue weighted by atomic mass is 16.5. The lowest BCUT2D eigenvalue weighted by atomic mass is 9.86. The monoisotopic (exact) mass is 382 g/mol. The number of amides is 1. The standard InChI is InChI=1S/C23H29NO4/c1-15(2)28-19-12-8-16(9-13-19)20(14-21(25)26)24-22(27)17-6-10-18(11-7-17)23(3,4)5/h6-13,15,20H,14H2,1-5H3,(H,24,27)(H,25,26)/p-1. The highest BCUT2D eigenvalue weighted by Crippen LogP contribution is 2.24. The lowest BCUT2D eigenvalue weighted by Gasteiger charge is -2.21. The van der Waals surface area contributed by atoms with Gasteiger partial charge in [0, 0.05) is 18.0 Å². The summed E-state index contributed by atoms with van der Waals surface area (Å²) in [7, 11) is 0. The molecule has 1 unspecified atom stereocenters. The van der Waals surface area contributed by atoms with Gasteiger partial charge in [-0.1, -0.05) is 45.0 Å². The van der Waals surface area contributed by atoms with Crippen LogP contribution in [-0.2, 0) is 10.2 Å². The third-order valence-corrected chi connectivity index (χ3v) is 4.34. The minimum atomic E-state index is -1.23. The maximum atomic E-state index is 12.6. The molecule has 2 aromatic carbocycles. The van der Waals surface area contributed by atoms with Crippen molar-refractivity contribution in [2.24, 2.45) is 0 Å². The van der Waals surface area contributed by atoms with Gasteiger partial charge in [-0.3, -0.25) is 4.79 Å². The van der Waals surface area contributed by atoms with Crippen LogP contribution in [0.2, 0.25) is 0 Å². The fourth-order valence-corrected chi connectivity index (χ4v) is 2.83. The average molecular weight is 382 g/mol. The molecule has 0 aliphatic rings. The first-order valence-corrected chi connectivity index (χ1v) is 9.44. The number of carbonyl (C=O) groups excluding carboxylic acids is 2. The smallest absolute Gasteiger partial charge is 0.251 e. The first kappa shape index (κ1) is 21.5. The topological polar surface area (TPSA) is 78.5 Å². The third-order valence-electron chi connectivity index (χ3n) is 4.34. The number of nitrogens with one attached hydrogen (secondary N) is 1. The Morgan fingerprint density at radius 3 is 2.04 bits per heavy atom. The quantitative estimate of drug-likeness (QED) is 0.796. The molecule has 150 valence electrons. The van der Waals surface area contributed by atoms with Gasteiger partial charge < -0.3 is 20.0 Å². The first-order chi connectivity index (χ1) is 13.1. The summed E-state index contributed by atoms with van der Waals surface area (Å²) in [5.41, 5.74) is 2.28. The molecular formula is C23H28NO4-. The Balaban J connectivity index is 2.17. The summed E-state index contributed by atoms with van der Waals surface area (Å²) in [4.78, 5) is 23.8. The van der Waals surface area contributed by atoms with Crippen LogP contribution in [0.4, 0.5) is 0 Å². The summed E-state index contributed by atoms with van der Waals surface area (Å²) in [6.07, 6.45) is -0.267. The molecule has 2 rings (SSSR count). The summed E-state index contributed by atoms with van der Waals surface area (Å²) in [6.45, 7) is 10.2. The van der Waals surface area contributed by atoms with E-state index in [2.05, 4.69) is 26.1 Å². The molecule has 0 aliphatic heterocycles. The molecule has 1 N–H and O–H groups in total. The Morgan fingerprint density at radius 1 is 1.00 bits per heavy atom. The van der Waals surface area contributed by atoms with E-state index in [0.29, 0.717) is 16.9 Å². The van der Waals surface area contributed by atoms with E-state index < -0.39 is 12.0 Å². The Bertz CT molecular complexity index is 802. The van der Waals surface area contributed by atoms with E-state index in [4.69, 9.17) is 4.74 Å². The van der Waals surface area contributed by atoms with Crippen molar-refractivity contribution in [3.8, 4) is 5.75 Å². The normalized spacial score (nSPS) is 12.5. The van der Waals surface area contributed by atoms with Gasteiger partial charge in [-0.05, 0) is 54.7 Å². The van der Waals surface area contributed by atoms with Gasteiger partial charge in [0.15, 0.2) is 0 Å². The number of benzene rings is 2. The van der Waals surface area contributed by atoms with Gasteiger partial charge in [-0.2, -0.15) is 0 Å². The highest BCUT2D eigenvalue weighted by Gasteiger charge is 2.18. The minimum absolute atomic E-state index is 0.00762. The molecule has 0 saturated heterocycles. The van der Waals surface area contributed by atoms with E-state index in [0.717, 1.165) is 5.56 Å². The average Bonchev–Trinajstić information content (AvgIpc) is 2.60. The molecule has 5 nitrogen and oxygen atoms in total. The molecule has 28 heavy (non-hydrogen) atoms. The van der Waals surface area contributed by atoms with E-state index >= 15 is 0 Å². The number of hydrogen-bond donors (Lipinski definition) is 1. The lowest BCUT2D eigenvalue weighted by molar-refractivity contribution is -0.306. The van der Waals surface area contributed by atoms with Crippen LogP contribution in [0.25, 0.3) is 0 Å². The second-order valence-electron chi connectivity index (χ2n) is 8.17. The van der Waals surface area contributed by atoms with Gasteiger partial charge in [0.2, 0.25) is 0 Å². The fraction of sp³-hybridized carbons (Fsp3) is 0.391. The zero-order chi connectivity index (χ0) is 20.9. The van der Waals surface area contributed by atoms with Crippen LogP contribution in [0.15, 0.2) is 48.5 Å². The summed E-state index contributed by atoms with van der Waals surface area (Å²) in [6, 6.07) is 13.7. The number of hydrogen-bond acceptors (Lipinski definition) is 4. The molecule has 0 radical (unpaired) electrons. The lowest BCUT2D eigenvalue weighted by Crippen LogP contribution is -2.34. The van der Waals surface area contributed by atoms with Crippen LogP contribution in [0, 0.1) is 0 Å². The number of aliphatic carboxylic acids is 1. The number of rotatable bonds is 7. The Morgan fingerprint density at radius 2 is 1.57 bits per heavy atom. The molecule has 0 saturated carbocycles. The summed E-state index contributed by atoms with van der Waals surface area (Å²) < 4.78 is 5.60. The van der Waals surface area contributed by atoms with Gasteiger partial charge in [-0.15, -0.1) is 0 Å². The van der Waals surface area contributed by atoms with E-state index in [1.165, 1.54) is 0 Å². The van der Waals surface area contributed by atoms with Crippen molar-refractivity contribution < 1.29 is 19.4 Å². The second kappa shape index (κ2) is 8.91. The molecule has 1 amide bonds. The van der Waals surface area contributed by atoms with Crippen molar-refractivity contribution in [3.05, 3.63) is 65.2 Å². The van der Waals surface area contributed by atoms with Gasteiger partial charge in [0.05, 0.1) is 12.1 Å². The zero-order valence-electron chi connectivity index (χ0n) is 17.1. The third kappa shape index (κ3) is 6.12. The van der Waals surface area contributed by atoms with E-state index in [-0.39, 0.29) is 23.8 Å². The van der Waals surface area contributed by atoms with Crippen molar-refractivity contribution >= 4 is 11.9 Å². The van der Waals surface area contributed by atoms with Crippen LogP contribution in [0.5, 0.6) is 5.75 Å². The van der Waals surface area contributed by atoms with Gasteiger partial charge in [-0.25, -0.2) is 0 Å². The van der Waals surface area contributed by atoms with Crippen molar-refractivity contribution in [2.45, 2.75) is 58.6 Å². The maximum Gasteiger partial charge on any atom is 0.251 e. The second-order valence-corrected chi connectivity index (χ2v) is 8.17. The van der Waals surface area contributed by atoms with E-state index in [1.54, 1.807) is 36.4 Å². The van der Waals surface area contributed by atoms with E-state index in [9.17, 15) is 14.7 Å². The van der Waals surface area contributed by atoms with Crippen molar-refractivity contribution in [2.75, 3.05) is 0 Å². The number of carboxylic acid groups (broad SMARTS) is 1. The number of carbonyl (C=O) groups is 2. The molecule has 0 bridgehead atoms. The van der Waals surface area contributed by atoms with Crippen LogP contribution >= 0.6 is 0 Å². The van der Waals surface area contributed by atoms with Crippen LogP contribution in [0.1, 0.15) is 68.6 Å². The summed E-state index contributed by atoms with van der Waals surface area (Å²) >= 11 is 0. The zero-order valence-corrected chi connectivity index (χ0v) is 17.1. The fourth-order valence-electron chi connectivity index (χ4n) is 2.83. The predicted octanol–water partition coefficient (Wildman–Crippen LogP) is 3.38. The molecule has 0 aliphatic carbocycles. The SMILES string of the molecule is CC(C)Oc1ccc(C(CC(=O)[O-])NC(=O)c2ccc(C(C)(C)C)cc2)cc1.